The molecule has 0 fully saturated rings. The molecule has 17 heavy (non-hydrogen) atoms. The van der Waals surface area contributed by atoms with Gasteiger partial charge in [-0.2, -0.15) is 0 Å². The lowest BCUT2D eigenvalue weighted by Crippen LogP contribution is -2.40. The smallest absolute Gasteiger partial charge is 0.188 e. The molecular formula is C13H16N2O2. The topological polar surface area (TPSA) is 43.4 Å². The molecule has 0 radical (unpaired) electrons. The number of aromatic nitrogens is 1. The molecule has 0 amide bonds. The highest BCUT2D eigenvalue weighted by atomic mass is 16.7. The monoisotopic (exact) mass is 232 g/mol. The molecule has 2 rings (SSSR count). The number of hydrogen-bond donors (Lipinski definition) is 1. The van der Waals surface area contributed by atoms with Gasteiger partial charge < -0.3 is 14.8 Å². The van der Waals surface area contributed by atoms with Gasteiger partial charge in [0, 0.05) is 19.5 Å². The summed E-state index contributed by atoms with van der Waals surface area (Å²) in [4.78, 5) is 4.03. The molecule has 0 saturated heterocycles. The van der Waals surface area contributed by atoms with Gasteiger partial charge >= 0.3 is 0 Å². The van der Waals surface area contributed by atoms with E-state index in [-0.39, 0.29) is 12.3 Å². The Hall–Kier alpha value is -1.81. The van der Waals surface area contributed by atoms with E-state index >= 15 is 0 Å². The summed E-state index contributed by atoms with van der Waals surface area (Å²) in [5, 5.41) is 3.31. The predicted molar refractivity (Wildman–Crippen MR) is 64.9 cm³/mol. The molecule has 1 aromatic heterocycles. The van der Waals surface area contributed by atoms with Gasteiger partial charge in [-0.3, -0.25) is 4.98 Å². The van der Waals surface area contributed by atoms with Gasteiger partial charge in [0.15, 0.2) is 6.79 Å². The van der Waals surface area contributed by atoms with Crippen LogP contribution in [0.2, 0.25) is 0 Å². The van der Waals surface area contributed by atoms with Crippen LogP contribution in [0.4, 0.5) is 0 Å². The average Bonchev–Trinajstić information content (AvgIpc) is 2.39. The minimum atomic E-state index is -0.379. The molecular weight excluding hydrogens is 216 g/mol. The zero-order valence-electron chi connectivity index (χ0n) is 10.0. The van der Waals surface area contributed by atoms with Crippen molar-refractivity contribution in [1.82, 2.24) is 10.3 Å². The van der Waals surface area contributed by atoms with Crippen molar-refractivity contribution in [3.05, 3.63) is 54.2 Å². The first-order chi connectivity index (χ1) is 8.27. The second-order valence-corrected chi connectivity index (χ2v) is 3.95. The third-order valence-corrected chi connectivity index (χ3v) is 2.80. The summed E-state index contributed by atoms with van der Waals surface area (Å²) >= 11 is 0. The van der Waals surface area contributed by atoms with Crippen molar-refractivity contribution >= 4 is 0 Å². The van der Waals surface area contributed by atoms with Crippen LogP contribution in [0.3, 0.4) is 0 Å². The van der Waals surface area contributed by atoms with Crippen molar-refractivity contribution in [3.8, 4) is 0 Å². The Balaban J connectivity index is 2.29. The maximum Gasteiger partial charge on any atom is 0.188 e. The molecule has 1 aliphatic rings. The molecule has 0 bridgehead atoms. The van der Waals surface area contributed by atoms with E-state index in [9.17, 15) is 0 Å². The number of methoxy groups -OCH3 is 1. The average molecular weight is 232 g/mol. The van der Waals surface area contributed by atoms with Gasteiger partial charge in [-0.15, -0.1) is 0 Å². The number of nitrogens with one attached hydrogen (secondary N) is 1. The van der Waals surface area contributed by atoms with Gasteiger partial charge in [-0.05, 0) is 43.0 Å². The number of nitrogens with zero attached hydrogens (tertiary/aromatic N) is 1. The molecule has 0 aromatic carbocycles. The number of pyridine rings is 1. The minimum Gasteiger partial charge on any atom is -0.469 e. The molecule has 1 N–H and O–H groups in total. The maximum atomic E-state index is 5.61. The highest BCUT2D eigenvalue weighted by Crippen LogP contribution is 2.31. The molecule has 1 unspecified atom stereocenters. The van der Waals surface area contributed by atoms with Crippen molar-refractivity contribution < 1.29 is 9.47 Å². The SMILES string of the molecule is COCOC1=CC=CNC1(C)c1ccncc1. The van der Waals surface area contributed by atoms with Crippen molar-refractivity contribution in [2.75, 3.05) is 13.9 Å². The first kappa shape index (κ1) is 11.7. The Morgan fingerprint density at radius 1 is 1.35 bits per heavy atom. The summed E-state index contributed by atoms with van der Waals surface area (Å²) in [6.45, 7) is 2.30. The highest BCUT2D eigenvalue weighted by Gasteiger charge is 2.32. The van der Waals surface area contributed by atoms with Crippen molar-refractivity contribution in [1.29, 1.82) is 0 Å². The number of dihydropyridines is 1. The molecule has 4 nitrogen and oxygen atoms in total. The lowest BCUT2D eigenvalue weighted by molar-refractivity contribution is -0.0103. The zero-order valence-corrected chi connectivity index (χ0v) is 10.0. The molecule has 90 valence electrons. The van der Waals surface area contributed by atoms with Gasteiger partial charge in [0.25, 0.3) is 0 Å². The summed E-state index contributed by atoms with van der Waals surface area (Å²) in [5.74, 6) is 0.827. The van der Waals surface area contributed by atoms with E-state index in [1.165, 1.54) is 0 Å². The van der Waals surface area contributed by atoms with Crippen molar-refractivity contribution in [2.45, 2.75) is 12.5 Å². The third-order valence-electron chi connectivity index (χ3n) is 2.80. The molecule has 2 heterocycles. The maximum absolute atomic E-state index is 5.61. The van der Waals surface area contributed by atoms with Crippen molar-refractivity contribution in [2.24, 2.45) is 0 Å². The highest BCUT2D eigenvalue weighted by molar-refractivity contribution is 5.35. The standard InChI is InChI=1S/C13H16N2O2/c1-13(11-5-8-14-9-6-11)12(17-10-16-2)4-3-7-15-13/h3-9,15H,10H2,1-2H3. The van der Waals surface area contributed by atoms with E-state index < -0.39 is 0 Å². The van der Waals surface area contributed by atoms with Crippen LogP contribution < -0.4 is 5.32 Å². The van der Waals surface area contributed by atoms with Crippen LogP contribution in [0.15, 0.2) is 48.6 Å². The second-order valence-electron chi connectivity index (χ2n) is 3.95. The normalized spacial score (nSPS) is 22.8. The summed E-state index contributed by atoms with van der Waals surface area (Å²) in [7, 11) is 1.61. The molecule has 4 heteroatoms. The number of rotatable bonds is 4. The first-order valence-corrected chi connectivity index (χ1v) is 5.44. The largest absolute Gasteiger partial charge is 0.469 e. The second kappa shape index (κ2) is 5.01. The predicted octanol–water partition coefficient (Wildman–Crippen LogP) is 1.92. The number of ether oxygens (including phenoxy) is 2. The first-order valence-electron chi connectivity index (χ1n) is 5.44. The van der Waals surface area contributed by atoms with E-state index in [0.29, 0.717) is 0 Å². The molecule has 0 spiro atoms. The zero-order chi connectivity index (χ0) is 12.1. The summed E-state index contributed by atoms with van der Waals surface area (Å²) in [6, 6.07) is 3.94. The van der Waals surface area contributed by atoms with Gasteiger partial charge in [0.2, 0.25) is 0 Å². The summed E-state index contributed by atoms with van der Waals surface area (Å²) in [6.07, 6.45) is 9.30. The molecule has 0 aliphatic carbocycles. The number of allylic oxidation sites excluding steroid dienone is 2. The lowest BCUT2D eigenvalue weighted by Gasteiger charge is -2.34. The molecule has 0 saturated carbocycles. The fourth-order valence-electron chi connectivity index (χ4n) is 1.81. The summed E-state index contributed by atoms with van der Waals surface area (Å²) < 4.78 is 10.6. The van der Waals surface area contributed by atoms with Crippen LogP contribution in [0.25, 0.3) is 0 Å². The van der Waals surface area contributed by atoms with Gasteiger partial charge in [0.05, 0.1) is 0 Å². The minimum absolute atomic E-state index is 0.238. The fourth-order valence-corrected chi connectivity index (χ4v) is 1.81. The van der Waals surface area contributed by atoms with Crippen LogP contribution in [-0.2, 0) is 15.0 Å². The Bertz CT molecular complexity index is 428. The van der Waals surface area contributed by atoms with E-state index in [1.54, 1.807) is 19.5 Å². The Kier molecular flexibility index (Phi) is 3.44. The summed E-state index contributed by atoms with van der Waals surface area (Å²) in [5.41, 5.74) is 0.718. The van der Waals surface area contributed by atoms with E-state index in [4.69, 9.17) is 9.47 Å². The van der Waals surface area contributed by atoms with Gasteiger partial charge in [0.1, 0.15) is 11.3 Å². The quantitative estimate of drug-likeness (QED) is 0.805. The van der Waals surface area contributed by atoms with Gasteiger partial charge in [-0.1, -0.05) is 0 Å². The number of hydrogen-bond acceptors (Lipinski definition) is 4. The van der Waals surface area contributed by atoms with E-state index in [2.05, 4.69) is 17.2 Å². The lowest BCUT2D eigenvalue weighted by atomic mass is 9.89. The Labute approximate surface area is 101 Å². The molecule has 1 aliphatic heterocycles. The molecule has 1 aromatic rings. The van der Waals surface area contributed by atoms with Gasteiger partial charge in [-0.25, -0.2) is 0 Å². The van der Waals surface area contributed by atoms with E-state index in [1.807, 2.05) is 30.5 Å². The Morgan fingerprint density at radius 3 is 2.82 bits per heavy atom. The van der Waals surface area contributed by atoms with Crippen LogP contribution in [0.1, 0.15) is 12.5 Å². The van der Waals surface area contributed by atoms with Crippen LogP contribution in [0, 0.1) is 0 Å². The molecule has 1 atom stereocenters. The van der Waals surface area contributed by atoms with Crippen LogP contribution in [0.5, 0.6) is 0 Å². The Morgan fingerprint density at radius 2 is 2.12 bits per heavy atom. The third kappa shape index (κ3) is 2.31. The van der Waals surface area contributed by atoms with E-state index in [0.717, 1.165) is 11.3 Å². The van der Waals surface area contributed by atoms with Crippen molar-refractivity contribution in [3.63, 3.8) is 0 Å². The fraction of sp³-hybridized carbons (Fsp3) is 0.308. The van der Waals surface area contributed by atoms with Crippen LogP contribution >= 0.6 is 0 Å². The van der Waals surface area contributed by atoms with Crippen LogP contribution in [-0.4, -0.2) is 18.9 Å².